The fourth-order valence-corrected chi connectivity index (χ4v) is 16.6. The van der Waals surface area contributed by atoms with Gasteiger partial charge in [0, 0.05) is 20.9 Å². The predicted molar refractivity (Wildman–Crippen MR) is 243 cm³/mol. The maximum Gasteiger partial charge on any atom is 0.0502 e. The number of rotatable bonds is 4. The molecule has 0 amide bonds. The molecule has 6 aliphatic carbocycles. The molecule has 0 radical (unpaired) electrons. The molecular weight excluding hydrogens is 719 g/mol. The van der Waals surface area contributed by atoms with Crippen LogP contribution in [0.5, 0.6) is 0 Å². The predicted octanol–water partition coefficient (Wildman–Crippen LogP) is 15.3. The molecule has 1 nitrogen and oxygen atoms in total. The van der Waals surface area contributed by atoms with Crippen LogP contribution in [-0.2, 0) is 27.1 Å². The summed E-state index contributed by atoms with van der Waals surface area (Å²) in [4.78, 5) is 5.81. The third-order valence-electron chi connectivity index (χ3n) is 18.1. The SMILES string of the molecule is CC1(C)CCC(C)(C)c2c(N(c3ccc4c(c3)C3(c5cccc(-c6ccccc6)c5S4)C4CC5CC6CC3C64C5)c3cccc4c3C(C)(C)CCC4(C)C)cccc21. The summed E-state index contributed by atoms with van der Waals surface area (Å²) in [5.74, 6) is 3.35. The molecule has 0 saturated heterocycles. The van der Waals surface area contributed by atoms with Gasteiger partial charge >= 0.3 is 0 Å². The maximum atomic E-state index is 2.79. The molecule has 1 aliphatic heterocycles. The van der Waals surface area contributed by atoms with Gasteiger partial charge in [-0.05, 0) is 177 Å². The van der Waals surface area contributed by atoms with Gasteiger partial charge in [0.25, 0.3) is 0 Å². The van der Waals surface area contributed by atoms with E-state index in [-0.39, 0.29) is 27.1 Å². The number of hydrogen-bond acceptors (Lipinski definition) is 2. The van der Waals surface area contributed by atoms with Gasteiger partial charge < -0.3 is 4.90 Å². The lowest BCUT2D eigenvalue weighted by molar-refractivity contribution is -0.235. The summed E-state index contributed by atoms with van der Waals surface area (Å²) in [5, 5.41) is 0. The number of benzene rings is 5. The molecule has 4 fully saturated rings. The largest absolute Gasteiger partial charge is 0.310 e. The summed E-state index contributed by atoms with van der Waals surface area (Å²) < 4.78 is 0. The molecule has 4 saturated carbocycles. The fraction of sp³-hybridized carbons (Fsp3) is 0.464. The molecule has 6 unspecified atom stereocenters. The number of anilines is 3. The van der Waals surface area contributed by atoms with E-state index < -0.39 is 0 Å². The maximum absolute atomic E-state index is 2.79. The highest BCUT2D eigenvalue weighted by atomic mass is 32.2. The minimum atomic E-state index is 0.0613. The fourth-order valence-electron chi connectivity index (χ4n) is 15.3. The monoisotopic (exact) mass is 779 g/mol. The van der Waals surface area contributed by atoms with E-state index in [2.05, 4.69) is 175 Å². The minimum Gasteiger partial charge on any atom is -0.310 e. The first kappa shape index (κ1) is 36.1. The second-order valence-corrected chi connectivity index (χ2v) is 23.7. The standard InChI is InChI=1S/C56H61NS/c1-51(2)25-27-53(5,6)48-39(51)18-13-21-43(48)57(44-22-14-19-40-49(44)54(7,8)28-26-52(40,3)4)37-23-24-45-42(32-37)56(46-30-34-29-36-31-47(56)55(36,46)33-34)41-20-12-17-38(50(41)58-45)35-15-10-9-11-16-35/h9-24,32,34,36,46-47H,25-31,33H2,1-8H3. The number of hydrogen-bond donors (Lipinski definition) is 0. The van der Waals surface area contributed by atoms with E-state index in [1.807, 2.05) is 0 Å². The van der Waals surface area contributed by atoms with Crippen molar-refractivity contribution >= 4 is 28.8 Å². The van der Waals surface area contributed by atoms with Gasteiger partial charge in [0.05, 0.1) is 11.4 Å². The first-order valence-electron chi connectivity index (χ1n) is 22.8. The Bertz CT molecular complexity index is 2480. The Kier molecular flexibility index (Phi) is 7.19. The van der Waals surface area contributed by atoms with Crippen molar-refractivity contribution in [2.75, 3.05) is 4.90 Å². The van der Waals surface area contributed by atoms with Gasteiger partial charge in [-0.25, -0.2) is 0 Å². The second kappa shape index (κ2) is 11.5. The quantitative estimate of drug-likeness (QED) is 0.179. The van der Waals surface area contributed by atoms with E-state index in [1.54, 1.807) is 22.3 Å². The molecule has 5 aromatic rings. The van der Waals surface area contributed by atoms with E-state index in [4.69, 9.17) is 0 Å². The van der Waals surface area contributed by atoms with Gasteiger partial charge in [0.2, 0.25) is 0 Å². The van der Waals surface area contributed by atoms with Crippen LogP contribution in [-0.4, -0.2) is 0 Å². The molecule has 12 rings (SSSR count). The molecule has 58 heavy (non-hydrogen) atoms. The lowest BCUT2D eigenvalue weighted by Crippen LogP contribution is -2.74. The van der Waals surface area contributed by atoms with E-state index >= 15 is 0 Å². The molecule has 7 aliphatic rings. The second-order valence-electron chi connectivity index (χ2n) is 22.7. The van der Waals surface area contributed by atoms with E-state index in [1.165, 1.54) is 100 Å². The molecule has 6 atom stereocenters. The summed E-state index contributed by atoms with van der Waals surface area (Å²) in [6, 6.07) is 41.1. The molecular formula is C56H61NS. The van der Waals surface area contributed by atoms with Gasteiger partial charge in [-0.2, -0.15) is 0 Å². The molecule has 0 aromatic heterocycles. The molecule has 1 heterocycles. The molecule has 2 bridgehead atoms. The van der Waals surface area contributed by atoms with Gasteiger partial charge in [0.15, 0.2) is 0 Å². The van der Waals surface area contributed by atoms with Crippen LogP contribution >= 0.6 is 11.8 Å². The van der Waals surface area contributed by atoms with Crippen molar-refractivity contribution in [2.45, 2.75) is 144 Å². The average Bonchev–Trinajstić information content (AvgIpc) is 3.74. The summed E-state index contributed by atoms with van der Waals surface area (Å²) in [7, 11) is 0. The Morgan fingerprint density at radius 1 is 0.534 bits per heavy atom. The Morgan fingerprint density at radius 2 is 1.12 bits per heavy atom. The smallest absolute Gasteiger partial charge is 0.0502 e. The van der Waals surface area contributed by atoms with Crippen molar-refractivity contribution in [1.29, 1.82) is 0 Å². The van der Waals surface area contributed by atoms with Crippen molar-refractivity contribution in [1.82, 2.24) is 0 Å². The molecule has 0 N–H and O–H groups in total. The number of nitrogens with zero attached hydrogens (tertiary/aromatic N) is 1. The lowest BCUT2D eigenvalue weighted by Gasteiger charge is -2.78. The summed E-state index contributed by atoms with van der Waals surface area (Å²) >= 11 is 2.06. The van der Waals surface area contributed by atoms with Gasteiger partial charge in [-0.1, -0.05) is 140 Å². The zero-order valence-corrected chi connectivity index (χ0v) is 37.0. The van der Waals surface area contributed by atoms with Crippen LogP contribution in [0, 0.1) is 29.1 Å². The Labute approximate surface area is 352 Å². The molecule has 2 heteroatoms. The van der Waals surface area contributed by atoms with Crippen molar-refractivity contribution < 1.29 is 0 Å². The Morgan fingerprint density at radius 3 is 1.76 bits per heavy atom. The van der Waals surface area contributed by atoms with E-state index in [0.717, 1.165) is 23.7 Å². The highest BCUT2D eigenvalue weighted by Gasteiger charge is 2.84. The van der Waals surface area contributed by atoms with E-state index in [0.29, 0.717) is 5.41 Å². The number of fused-ring (bicyclic) bond motifs is 9. The normalized spacial score (nSPS) is 31.5. The van der Waals surface area contributed by atoms with Crippen LogP contribution in [0.3, 0.4) is 0 Å². The Hall–Kier alpha value is -3.75. The van der Waals surface area contributed by atoms with Crippen molar-refractivity contribution in [3.8, 4) is 11.1 Å². The third kappa shape index (κ3) is 4.42. The van der Waals surface area contributed by atoms with Crippen LogP contribution in [0.15, 0.2) is 113 Å². The van der Waals surface area contributed by atoms with Crippen molar-refractivity contribution in [3.63, 3.8) is 0 Å². The van der Waals surface area contributed by atoms with Crippen molar-refractivity contribution in [2.24, 2.45) is 29.1 Å². The Balaban J connectivity index is 1.13. The van der Waals surface area contributed by atoms with Gasteiger partial charge in [-0.3, -0.25) is 0 Å². The van der Waals surface area contributed by atoms with Crippen LogP contribution in [0.4, 0.5) is 17.1 Å². The van der Waals surface area contributed by atoms with Crippen LogP contribution < -0.4 is 4.90 Å². The summed E-state index contributed by atoms with van der Waals surface area (Å²) in [6.07, 6.45) is 10.6. The van der Waals surface area contributed by atoms with Crippen LogP contribution in [0.2, 0.25) is 0 Å². The van der Waals surface area contributed by atoms with Gasteiger partial charge in [0.1, 0.15) is 0 Å². The zero-order valence-electron chi connectivity index (χ0n) is 36.1. The highest BCUT2D eigenvalue weighted by Crippen LogP contribution is 2.89. The van der Waals surface area contributed by atoms with Crippen molar-refractivity contribution in [3.05, 3.63) is 137 Å². The van der Waals surface area contributed by atoms with Crippen LogP contribution in [0.1, 0.15) is 140 Å². The highest BCUT2D eigenvalue weighted by molar-refractivity contribution is 7.99. The van der Waals surface area contributed by atoms with Gasteiger partial charge in [-0.15, -0.1) is 0 Å². The van der Waals surface area contributed by atoms with Crippen LogP contribution in [0.25, 0.3) is 11.1 Å². The average molecular weight is 780 g/mol. The first-order valence-corrected chi connectivity index (χ1v) is 23.6. The summed E-state index contributed by atoms with van der Waals surface area (Å²) in [5.41, 5.74) is 17.4. The minimum absolute atomic E-state index is 0.0613. The first-order chi connectivity index (χ1) is 27.7. The third-order valence-corrected chi connectivity index (χ3v) is 19.3. The lowest BCUT2D eigenvalue weighted by atomic mass is 9.26. The molecule has 2 spiro atoms. The molecule has 5 aromatic carbocycles. The summed E-state index contributed by atoms with van der Waals surface area (Å²) in [6.45, 7) is 20.0. The topological polar surface area (TPSA) is 3.24 Å². The molecule has 296 valence electrons. The zero-order chi connectivity index (χ0) is 39.8. The van der Waals surface area contributed by atoms with E-state index in [9.17, 15) is 0 Å².